The van der Waals surface area contributed by atoms with Gasteiger partial charge in [0.05, 0.1) is 115 Å². The number of para-hydroxylation sites is 5. The maximum atomic E-state index is 10.1. The minimum Gasteiger partial charge on any atom is -0.457 e. The number of hydrogen-bond acceptors (Lipinski definition) is 7. The number of rotatable bonds is 4. The molecule has 3 aliphatic rings. The Kier molecular flexibility index (Phi) is 9.63. The average Bonchev–Trinajstić information content (AvgIpc) is 1.67. The Labute approximate surface area is 490 Å². The monoisotopic (exact) mass is 1100 g/mol. The molecule has 0 radical (unpaired) electrons. The Morgan fingerprint density at radius 3 is 1.38 bits per heavy atom. The summed E-state index contributed by atoms with van der Waals surface area (Å²) in [6.45, 7) is 7.97. The number of nitrogens with zero attached hydrogens (tertiary/aromatic N) is 9. The first kappa shape index (κ1) is 47.0. The summed E-state index contributed by atoms with van der Waals surface area (Å²) in [5.41, 5.74) is 17.4. The van der Waals surface area contributed by atoms with Gasteiger partial charge >= 0.3 is 0 Å². The van der Waals surface area contributed by atoms with Crippen LogP contribution in [-0.4, -0.2) is 23.7 Å². The first-order valence-corrected chi connectivity index (χ1v) is 28.7. The van der Waals surface area contributed by atoms with Crippen molar-refractivity contribution in [2.45, 2.75) is 15.2 Å². The number of benzene rings is 10. The summed E-state index contributed by atoms with van der Waals surface area (Å²) in [4.78, 5) is 19.6. The van der Waals surface area contributed by atoms with Gasteiger partial charge in [0.25, 0.3) is 0 Å². The van der Waals surface area contributed by atoms with Crippen LogP contribution in [0.25, 0.3) is 98.7 Å². The van der Waals surface area contributed by atoms with Gasteiger partial charge < -0.3 is 23.3 Å². The third-order valence-electron chi connectivity index (χ3n) is 17.6. The van der Waals surface area contributed by atoms with Crippen LogP contribution in [0, 0.1) is 29.2 Å². The van der Waals surface area contributed by atoms with Gasteiger partial charge in [0, 0.05) is 82.5 Å². The first-order valence-electron chi connectivity index (χ1n) is 27.9. The van der Waals surface area contributed by atoms with Gasteiger partial charge in [-0.25, -0.2) is 4.85 Å². The summed E-state index contributed by atoms with van der Waals surface area (Å²) in [5.74, 6) is 1.31. The second-order valence-corrected chi connectivity index (χ2v) is 22.9. The number of anilines is 3. The van der Waals surface area contributed by atoms with E-state index in [1.807, 2.05) is 60.9 Å². The standard InChI is InChI=1S/C74H39N9OS/c1-77-45-24-31-65-55(34-45)52-14-4-7-17-62(52)83(65)49-36-59-73(79-42-49)72-58(35-48(41-78-72)82-60-15-5-2-12-50(60)51-13-3-6-16-61(51)82)74(59)56-27-25-46(80-63-29-22-43(39-75)32-53(63)54-33-44(40-76)23-30-64(54)80)37-68(56)84-69-38-47(26-28-57(69)74)81-66-18-8-10-20-70(66)85-71-21-11-9-19-67(71)81/h2-38,41-42H. The molecule has 18 rings (SSSR count). The minimum atomic E-state index is -1.09. The maximum absolute atomic E-state index is 10.1. The number of hydrogen-bond donors (Lipinski definition) is 0. The fourth-order valence-corrected chi connectivity index (χ4v) is 15.2. The predicted molar refractivity (Wildman–Crippen MR) is 337 cm³/mol. The summed E-state index contributed by atoms with van der Waals surface area (Å²) < 4.78 is 14.4. The average molecular weight is 1100 g/mol. The summed E-state index contributed by atoms with van der Waals surface area (Å²) in [6, 6.07) is 82.6. The molecule has 7 heterocycles. The van der Waals surface area contributed by atoms with E-state index in [2.05, 4.69) is 212 Å². The van der Waals surface area contributed by atoms with Crippen molar-refractivity contribution in [3.63, 3.8) is 0 Å². The summed E-state index contributed by atoms with van der Waals surface area (Å²) >= 11 is 1.77. The highest BCUT2D eigenvalue weighted by atomic mass is 32.2. The van der Waals surface area contributed by atoms with E-state index >= 15 is 0 Å². The molecule has 0 saturated heterocycles. The highest BCUT2D eigenvalue weighted by molar-refractivity contribution is 7.99. The lowest BCUT2D eigenvalue weighted by Gasteiger charge is -2.40. The van der Waals surface area contributed by atoms with Crippen LogP contribution < -0.4 is 9.64 Å². The van der Waals surface area contributed by atoms with Crippen molar-refractivity contribution in [1.29, 1.82) is 10.5 Å². The van der Waals surface area contributed by atoms with Crippen LogP contribution in [0.15, 0.2) is 247 Å². The van der Waals surface area contributed by atoms with Crippen molar-refractivity contribution in [2.24, 2.45) is 0 Å². The molecule has 1 aliphatic carbocycles. The number of fused-ring (bicyclic) bond motifs is 20. The van der Waals surface area contributed by atoms with Crippen molar-refractivity contribution in [1.82, 2.24) is 23.7 Å². The van der Waals surface area contributed by atoms with Crippen LogP contribution in [0.2, 0.25) is 0 Å². The molecule has 0 saturated carbocycles. The largest absolute Gasteiger partial charge is 0.457 e. The Morgan fingerprint density at radius 1 is 0.412 bits per heavy atom. The van der Waals surface area contributed by atoms with Crippen LogP contribution in [0.4, 0.5) is 22.7 Å². The third-order valence-corrected chi connectivity index (χ3v) is 18.7. The molecule has 15 aromatic rings. The minimum absolute atomic E-state index is 0.532. The smallest absolute Gasteiger partial charge is 0.188 e. The fourth-order valence-electron chi connectivity index (χ4n) is 14.1. The number of pyridine rings is 2. The van der Waals surface area contributed by atoms with E-state index < -0.39 is 5.41 Å². The molecule has 1 spiro atoms. The van der Waals surface area contributed by atoms with Crippen LogP contribution in [0.3, 0.4) is 0 Å². The fraction of sp³-hybridized carbons (Fsp3) is 0.0135. The van der Waals surface area contributed by atoms with Gasteiger partial charge in [0.1, 0.15) is 11.5 Å². The summed E-state index contributed by atoms with van der Waals surface area (Å²) in [5, 5.41) is 26.3. The molecule has 392 valence electrons. The SMILES string of the molecule is [C-]#[N+]c1ccc2c(c1)c1ccccc1n2-c1cnc2c(c1)C1(c3ccc(N4c5ccccc5Sc5ccccc54)cc3Oc3cc(-n4c5ccc(C#N)cc5c5cc(C#N)ccc54)ccc31)c1cc(-n3c4ccccc4c4ccccc43)cnc1-2. The zero-order chi connectivity index (χ0) is 56.2. The normalized spacial score (nSPS) is 14.4. The van der Waals surface area contributed by atoms with Crippen LogP contribution in [-0.2, 0) is 5.41 Å². The number of aromatic nitrogens is 5. The number of nitriles is 2. The van der Waals surface area contributed by atoms with Crippen molar-refractivity contribution in [3.8, 4) is 52.1 Å². The van der Waals surface area contributed by atoms with Crippen molar-refractivity contribution in [3.05, 3.63) is 282 Å². The molecule has 0 bridgehead atoms. The predicted octanol–water partition coefficient (Wildman–Crippen LogP) is 18.5. The molecular formula is C74H39N9OS. The van der Waals surface area contributed by atoms with Gasteiger partial charge in [-0.15, -0.1) is 0 Å². The van der Waals surface area contributed by atoms with E-state index in [1.54, 1.807) is 11.8 Å². The zero-order valence-electron chi connectivity index (χ0n) is 44.9. The molecule has 11 heteroatoms. The Morgan fingerprint density at radius 2 is 0.847 bits per heavy atom. The van der Waals surface area contributed by atoms with Crippen molar-refractivity contribution < 1.29 is 4.74 Å². The number of ether oxygens (including phenoxy) is 1. The van der Waals surface area contributed by atoms with Gasteiger partial charge in [0.15, 0.2) is 5.69 Å². The van der Waals surface area contributed by atoms with E-state index in [0.717, 1.165) is 143 Å². The zero-order valence-corrected chi connectivity index (χ0v) is 45.7. The van der Waals surface area contributed by atoms with Crippen molar-refractivity contribution in [2.75, 3.05) is 4.90 Å². The second kappa shape index (κ2) is 17.4. The molecule has 10 aromatic carbocycles. The van der Waals surface area contributed by atoms with Crippen LogP contribution in [0.1, 0.15) is 33.4 Å². The summed E-state index contributed by atoms with van der Waals surface area (Å²) in [6.07, 6.45) is 3.96. The van der Waals surface area contributed by atoms with Crippen molar-refractivity contribution >= 4 is 99.9 Å². The van der Waals surface area contributed by atoms with Crippen LogP contribution >= 0.6 is 11.8 Å². The van der Waals surface area contributed by atoms with Gasteiger partial charge in [-0.2, -0.15) is 10.5 Å². The van der Waals surface area contributed by atoms with Gasteiger partial charge in [0.2, 0.25) is 0 Å². The molecule has 1 unspecified atom stereocenters. The summed E-state index contributed by atoms with van der Waals surface area (Å²) in [7, 11) is 0. The first-order chi connectivity index (χ1) is 42.0. The molecule has 85 heavy (non-hydrogen) atoms. The lowest BCUT2D eigenvalue weighted by molar-refractivity contribution is 0.436. The Hall–Kier alpha value is -11.7. The van der Waals surface area contributed by atoms with Gasteiger partial charge in [-0.3, -0.25) is 9.97 Å². The lowest BCUT2D eigenvalue weighted by Crippen LogP contribution is -2.33. The molecule has 5 aromatic heterocycles. The Bertz CT molecular complexity index is 5480. The van der Waals surface area contributed by atoms with Gasteiger partial charge in [-0.1, -0.05) is 109 Å². The molecule has 10 nitrogen and oxygen atoms in total. The van der Waals surface area contributed by atoms with E-state index in [9.17, 15) is 10.5 Å². The maximum Gasteiger partial charge on any atom is 0.188 e. The highest BCUT2D eigenvalue weighted by Gasteiger charge is 2.53. The van der Waals surface area contributed by atoms with E-state index in [1.165, 1.54) is 0 Å². The molecule has 2 aliphatic heterocycles. The van der Waals surface area contributed by atoms with Gasteiger partial charge in [-0.05, 0) is 121 Å². The topological polar surface area (TPSA) is 105 Å². The Balaban J connectivity index is 0.957. The van der Waals surface area contributed by atoms with E-state index in [-0.39, 0.29) is 0 Å². The van der Waals surface area contributed by atoms with E-state index in [4.69, 9.17) is 21.3 Å². The molecular weight excluding hydrogens is 1060 g/mol. The molecule has 0 fully saturated rings. The van der Waals surface area contributed by atoms with E-state index in [0.29, 0.717) is 28.3 Å². The lowest BCUT2D eigenvalue weighted by atomic mass is 9.66. The second-order valence-electron chi connectivity index (χ2n) is 21.8. The van der Waals surface area contributed by atoms with Crippen LogP contribution in [0.5, 0.6) is 11.5 Å². The quantitative estimate of drug-likeness (QED) is 0.162. The third kappa shape index (κ3) is 6.40. The molecule has 0 amide bonds. The molecule has 1 atom stereocenters. The molecule has 0 N–H and O–H groups in total. The highest BCUT2D eigenvalue weighted by Crippen LogP contribution is 2.63.